The highest BCUT2D eigenvalue weighted by Crippen LogP contribution is 2.16. The van der Waals surface area contributed by atoms with Crippen LogP contribution in [0.5, 0.6) is 0 Å². The van der Waals surface area contributed by atoms with Gasteiger partial charge in [-0.25, -0.2) is 0 Å². The van der Waals surface area contributed by atoms with Crippen molar-refractivity contribution in [3.63, 3.8) is 0 Å². The molecule has 20 heavy (non-hydrogen) atoms. The Labute approximate surface area is 120 Å². The maximum atomic E-state index is 12.0. The molecule has 0 bridgehead atoms. The van der Waals surface area contributed by atoms with Gasteiger partial charge in [0.15, 0.2) is 0 Å². The molecule has 0 aliphatic rings. The summed E-state index contributed by atoms with van der Waals surface area (Å²) >= 11 is 1.48. The molecule has 0 aromatic carbocycles. The molecular formula is C14H14N2O3S. The van der Waals surface area contributed by atoms with Crippen molar-refractivity contribution in [3.8, 4) is 11.8 Å². The number of thiophene rings is 1. The van der Waals surface area contributed by atoms with Crippen molar-refractivity contribution in [3.05, 3.63) is 38.9 Å². The molecule has 0 aliphatic carbocycles. The molecule has 6 heteroatoms. The minimum atomic E-state index is -0.197. The molecule has 0 radical (unpaired) electrons. The van der Waals surface area contributed by atoms with Gasteiger partial charge in [0.2, 0.25) is 0 Å². The first kappa shape index (κ1) is 14.3. The standard InChI is InChI=1S/C14H14N2O3S/c1-9-13(10(2)19-16-9)14(18)15-8-12-6-5-11(20-12)4-3-7-17/h5-6,17H,7-8H2,1-2H3,(H,15,18). The van der Waals surface area contributed by atoms with E-state index in [2.05, 4.69) is 22.3 Å². The molecule has 0 saturated carbocycles. The fourth-order valence-corrected chi connectivity index (χ4v) is 2.55. The molecule has 1 amide bonds. The van der Waals surface area contributed by atoms with Gasteiger partial charge in [0.25, 0.3) is 5.91 Å². The number of hydrogen-bond acceptors (Lipinski definition) is 5. The second kappa shape index (κ2) is 6.37. The van der Waals surface area contributed by atoms with E-state index < -0.39 is 0 Å². The lowest BCUT2D eigenvalue weighted by atomic mass is 10.2. The van der Waals surface area contributed by atoms with Crippen LogP contribution in [0.25, 0.3) is 0 Å². The first-order valence-electron chi connectivity index (χ1n) is 6.01. The van der Waals surface area contributed by atoms with Crippen molar-refractivity contribution in [2.45, 2.75) is 20.4 Å². The Hall–Kier alpha value is -2.10. The Morgan fingerprint density at radius 3 is 2.95 bits per heavy atom. The van der Waals surface area contributed by atoms with Crippen molar-refractivity contribution in [1.29, 1.82) is 0 Å². The number of aliphatic hydroxyl groups is 1. The van der Waals surface area contributed by atoms with E-state index >= 15 is 0 Å². The number of aromatic nitrogens is 1. The van der Waals surface area contributed by atoms with Crippen LogP contribution in [0.3, 0.4) is 0 Å². The molecule has 2 rings (SSSR count). The number of nitrogens with zero attached hydrogens (tertiary/aromatic N) is 1. The normalized spacial score (nSPS) is 9.95. The SMILES string of the molecule is Cc1noc(C)c1C(=O)NCc1ccc(C#CCO)s1. The third-order valence-electron chi connectivity index (χ3n) is 2.64. The van der Waals surface area contributed by atoms with E-state index in [1.807, 2.05) is 12.1 Å². The average molecular weight is 290 g/mol. The molecule has 2 N–H and O–H groups in total. The molecule has 2 aromatic heterocycles. The summed E-state index contributed by atoms with van der Waals surface area (Å²) in [4.78, 5) is 13.9. The van der Waals surface area contributed by atoms with Gasteiger partial charge in [0, 0.05) is 4.88 Å². The Morgan fingerprint density at radius 2 is 2.30 bits per heavy atom. The third-order valence-corrected chi connectivity index (χ3v) is 3.64. The molecule has 2 aromatic rings. The van der Waals surface area contributed by atoms with E-state index in [9.17, 15) is 4.79 Å². The highest BCUT2D eigenvalue weighted by Gasteiger charge is 2.17. The fourth-order valence-electron chi connectivity index (χ4n) is 1.73. The Balaban J connectivity index is 1.99. The van der Waals surface area contributed by atoms with E-state index in [0.29, 0.717) is 23.6 Å². The smallest absolute Gasteiger partial charge is 0.257 e. The molecule has 5 nitrogen and oxygen atoms in total. The van der Waals surface area contributed by atoms with Crippen molar-refractivity contribution < 1.29 is 14.4 Å². The molecular weight excluding hydrogens is 276 g/mol. The molecule has 0 atom stereocenters. The van der Waals surface area contributed by atoms with Crippen LogP contribution in [0.15, 0.2) is 16.7 Å². The van der Waals surface area contributed by atoms with Crippen LogP contribution >= 0.6 is 11.3 Å². The maximum Gasteiger partial charge on any atom is 0.257 e. The summed E-state index contributed by atoms with van der Waals surface area (Å²) in [6, 6.07) is 3.77. The minimum Gasteiger partial charge on any atom is -0.384 e. The van der Waals surface area contributed by atoms with Gasteiger partial charge in [-0.15, -0.1) is 11.3 Å². The number of nitrogens with one attached hydrogen (secondary N) is 1. The molecule has 0 aliphatic heterocycles. The van der Waals surface area contributed by atoms with Gasteiger partial charge in [-0.05, 0) is 26.0 Å². The summed E-state index contributed by atoms with van der Waals surface area (Å²) in [5.74, 6) is 5.73. The predicted molar refractivity (Wildman–Crippen MR) is 75.4 cm³/mol. The third kappa shape index (κ3) is 3.26. The van der Waals surface area contributed by atoms with Gasteiger partial charge < -0.3 is 14.9 Å². The van der Waals surface area contributed by atoms with Gasteiger partial charge in [-0.2, -0.15) is 0 Å². The molecule has 0 saturated heterocycles. The van der Waals surface area contributed by atoms with E-state index in [0.717, 1.165) is 9.75 Å². The zero-order chi connectivity index (χ0) is 14.5. The van der Waals surface area contributed by atoms with E-state index in [4.69, 9.17) is 9.63 Å². The van der Waals surface area contributed by atoms with Crippen molar-refractivity contribution in [2.75, 3.05) is 6.61 Å². The quantitative estimate of drug-likeness (QED) is 0.842. The van der Waals surface area contributed by atoms with E-state index in [1.165, 1.54) is 11.3 Å². The first-order valence-corrected chi connectivity index (χ1v) is 6.83. The molecule has 0 unspecified atom stereocenters. The summed E-state index contributed by atoms with van der Waals surface area (Å²) in [5.41, 5.74) is 1.07. The summed E-state index contributed by atoms with van der Waals surface area (Å²) in [7, 11) is 0. The van der Waals surface area contributed by atoms with Gasteiger partial charge in [0.1, 0.15) is 17.9 Å². The first-order chi connectivity index (χ1) is 9.61. The number of amides is 1. The number of carbonyl (C=O) groups is 1. The largest absolute Gasteiger partial charge is 0.384 e. The zero-order valence-corrected chi connectivity index (χ0v) is 12.0. The topological polar surface area (TPSA) is 75.4 Å². The minimum absolute atomic E-state index is 0.157. The van der Waals surface area contributed by atoms with Crippen LogP contribution in [0, 0.1) is 25.7 Å². The number of rotatable bonds is 3. The fraction of sp³-hybridized carbons (Fsp3) is 0.286. The van der Waals surface area contributed by atoms with E-state index in [-0.39, 0.29) is 12.5 Å². The average Bonchev–Trinajstić information content (AvgIpc) is 3.01. The van der Waals surface area contributed by atoms with Crippen LogP contribution in [0.2, 0.25) is 0 Å². The van der Waals surface area contributed by atoms with Gasteiger partial charge >= 0.3 is 0 Å². The Kier molecular flexibility index (Phi) is 4.56. The summed E-state index contributed by atoms with van der Waals surface area (Å²) < 4.78 is 4.97. The van der Waals surface area contributed by atoms with Gasteiger partial charge in [-0.3, -0.25) is 4.79 Å². The lowest BCUT2D eigenvalue weighted by molar-refractivity contribution is 0.0949. The molecule has 2 heterocycles. The van der Waals surface area contributed by atoms with Gasteiger partial charge in [-0.1, -0.05) is 17.0 Å². The lowest BCUT2D eigenvalue weighted by Gasteiger charge is -2.02. The molecule has 104 valence electrons. The summed E-state index contributed by atoms with van der Waals surface area (Å²) in [6.07, 6.45) is 0. The number of carbonyl (C=O) groups excluding carboxylic acids is 1. The van der Waals surface area contributed by atoms with Crippen molar-refractivity contribution in [2.24, 2.45) is 0 Å². The van der Waals surface area contributed by atoms with Crippen LogP contribution in [-0.4, -0.2) is 22.8 Å². The van der Waals surface area contributed by atoms with Crippen LogP contribution < -0.4 is 5.32 Å². The van der Waals surface area contributed by atoms with Crippen LogP contribution in [0.4, 0.5) is 0 Å². The van der Waals surface area contributed by atoms with Crippen LogP contribution in [0.1, 0.15) is 31.6 Å². The maximum absolute atomic E-state index is 12.0. The summed E-state index contributed by atoms with van der Waals surface area (Å²) in [5, 5.41) is 15.2. The second-order valence-corrected chi connectivity index (χ2v) is 5.28. The molecule has 0 fully saturated rings. The van der Waals surface area contributed by atoms with E-state index in [1.54, 1.807) is 13.8 Å². The number of aliphatic hydroxyl groups excluding tert-OH is 1. The second-order valence-electron chi connectivity index (χ2n) is 4.11. The van der Waals surface area contributed by atoms with Crippen molar-refractivity contribution >= 4 is 17.2 Å². The Bertz CT molecular complexity index is 657. The predicted octanol–water partition coefficient (Wildman–Crippen LogP) is 1.63. The zero-order valence-electron chi connectivity index (χ0n) is 11.2. The number of aryl methyl sites for hydroxylation is 2. The number of hydrogen-bond donors (Lipinski definition) is 2. The summed E-state index contributed by atoms with van der Waals surface area (Å²) in [6.45, 7) is 3.71. The lowest BCUT2D eigenvalue weighted by Crippen LogP contribution is -2.23. The highest BCUT2D eigenvalue weighted by atomic mass is 32.1. The van der Waals surface area contributed by atoms with Crippen LogP contribution in [-0.2, 0) is 6.54 Å². The van der Waals surface area contributed by atoms with Crippen molar-refractivity contribution in [1.82, 2.24) is 10.5 Å². The van der Waals surface area contributed by atoms with Gasteiger partial charge in [0.05, 0.1) is 17.1 Å². The highest BCUT2D eigenvalue weighted by molar-refractivity contribution is 7.12. The monoisotopic (exact) mass is 290 g/mol. The molecule has 0 spiro atoms. The Morgan fingerprint density at radius 1 is 1.50 bits per heavy atom.